The van der Waals surface area contributed by atoms with Crippen molar-refractivity contribution >= 4 is 11.9 Å². The maximum atomic E-state index is 12.3. The molecule has 1 rings (SSSR count). The van der Waals surface area contributed by atoms with Crippen molar-refractivity contribution in [2.24, 2.45) is 4.99 Å². The molecule has 1 unspecified atom stereocenters. The quantitative estimate of drug-likeness (QED) is 0.500. The smallest absolute Gasteiger partial charge is 0.242 e. The van der Waals surface area contributed by atoms with Crippen molar-refractivity contribution in [3.05, 3.63) is 24.3 Å². The predicted molar refractivity (Wildman–Crippen MR) is 110 cm³/mol. The van der Waals surface area contributed by atoms with E-state index >= 15 is 0 Å². The number of hydrogen-bond acceptors (Lipinski definition) is 4. The number of aliphatic imine (C=N–C) groups is 1. The Labute approximate surface area is 163 Å². The molecule has 1 atom stereocenters. The first-order valence-corrected chi connectivity index (χ1v) is 9.52. The fourth-order valence-electron chi connectivity index (χ4n) is 2.56. The summed E-state index contributed by atoms with van der Waals surface area (Å²) < 4.78 is 11.0. The van der Waals surface area contributed by atoms with Crippen LogP contribution in [0.2, 0.25) is 0 Å². The second-order valence-electron chi connectivity index (χ2n) is 6.22. The second kappa shape index (κ2) is 12.0. The first-order valence-electron chi connectivity index (χ1n) is 9.52. The van der Waals surface area contributed by atoms with Crippen LogP contribution >= 0.6 is 0 Å². The molecule has 7 heteroatoms. The zero-order chi connectivity index (χ0) is 20.2. The number of carbonyl (C=O) groups is 1. The number of likely N-dealkylation sites (N-methyl/N-ethyl adjacent to an activating group) is 2. The van der Waals surface area contributed by atoms with Gasteiger partial charge in [0.1, 0.15) is 17.6 Å². The lowest BCUT2D eigenvalue weighted by atomic mass is 10.3. The van der Waals surface area contributed by atoms with Crippen molar-refractivity contribution < 1.29 is 14.3 Å². The minimum absolute atomic E-state index is 0.0932. The minimum Gasteiger partial charge on any atom is -0.497 e. The molecule has 0 fully saturated rings. The molecule has 0 aliphatic carbocycles. The average molecular weight is 379 g/mol. The maximum absolute atomic E-state index is 12.3. The molecule has 27 heavy (non-hydrogen) atoms. The number of hydrogen-bond donors (Lipinski definition) is 1. The number of amides is 1. The lowest BCUT2D eigenvalue weighted by Crippen LogP contribution is -2.46. The molecule has 0 aromatic heterocycles. The normalized spacial score (nSPS) is 12.3. The number of nitrogens with one attached hydrogen (secondary N) is 1. The number of carbonyl (C=O) groups excluding carboxylic acids is 1. The molecule has 0 saturated heterocycles. The number of benzene rings is 1. The monoisotopic (exact) mass is 378 g/mol. The van der Waals surface area contributed by atoms with Crippen LogP contribution in [0.4, 0.5) is 0 Å². The topological polar surface area (TPSA) is 66.4 Å². The van der Waals surface area contributed by atoms with Crippen molar-refractivity contribution in [2.45, 2.75) is 33.8 Å². The molecule has 0 heterocycles. The Morgan fingerprint density at radius 1 is 1.15 bits per heavy atom. The third kappa shape index (κ3) is 7.76. The van der Waals surface area contributed by atoms with E-state index in [2.05, 4.69) is 10.3 Å². The Kier molecular flexibility index (Phi) is 10.1. The van der Waals surface area contributed by atoms with Crippen LogP contribution in [-0.2, 0) is 4.79 Å². The average Bonchev–Trinajstić information content (AvgIpc) is 2.66. The maximum Gasteiger partial charge on any atom is 0.242 e. The van der Waals surface area contributed by atoms with Crippen LogP contribution in [0.1, 0.15) is 27.7 Å². The predicted octanol–water partition coefficient (Wildman–Crippen LogP) is 2.23. The van der Waals surface area contributed by atoms with Gasteiger partial charge in [-0.15, -0.1) is 0 Å². The summed E-state index contributed by atoms with van der Waals surface area (Å²) in [5, 5.41) is 3.23. The van der Waals surface area contributed by atoms with Crippen LogP contribution < -0.4 is 14.8 Å². The summed E-state index contributed by atoms with van der Waals surface area (Å²) in [6.45, 7) is 10.9. The van der Waals surface area contributed by atoms with Gasteiger partial charge in [-0.3, -0.25) is 4.79 Å². The fraction of sp³-hybridized carbons (Fsp3) is 0.600. The third-order valence-electron chi connectivity index (χ3n) is 4.08. The van der Waals surface area contributed by atoms with E-state index in [4.69, 9.17) is 9.47 Å². The van der Waals surface area contributed by atoms with Crippen LogP contribution in [0.25, 0.3) is 0 Å². The molecule has 1 amide bonds. The van der Waals surface area contributed by atoms with Crippen LogP contribution in [0.3, 0.4) is 0 Å². The third-order valence-corrected chi connectivity index (χ3v) is 4.08. The van der Waals surface area contributed by atoms with Crippen molar-refractivity contribution in [3.63, 3.8) is 0 Å². The molecular weight excluding hydrogens is 344 g/mol. The van der Waals surface area contributed by atoms with Gasteiger partial charge < -0.3 is 24.6 Å². The van der Waals surface area contributed by atoms with E-state index < -0.39 is 0 Å². The molecule has 1 aromatic carbocycles. The van der Waals surface area contributed by atoms with E-state index in [1.54, 1.807) is 7.11 Å². The summed E-state index contributed by atoms with van der Waals surface area (Å²) in [6.07, 6.45) is -0.0982. The first kappa shape index (κ1) is 22.6. The number of methoxy groups -OCH3 is 1. The van der Waals surface area contributed by atoms with Gasteiger partial charge in [0.25, 0.3) is 0 Å². The number of ether oxygens (including phenoxy) is 2. The SMILES string of the molecule is CCNC(=NCC(C)Oc1ccc(OC)cc1)N(C)CC(=O)N(CC)CC. The van der Waals surface area contributed by atoms with E-state index in [0.29, 0.717) is 32.1 Å². The van der Waals surface area contributed by atoms with E-state index in [-0.39, 0.29) is 12.0 Å². The van der Waals surface area contributed by atoms with E-state index in [1.165, 1.54) is 0 Å². The molecule has 7 nitrogen and oxygen atoms in total. The second-order valence-corrected chi connectivity index (χ2v) is 6.22. The van der Waals surface area contributed by atoms with Gasteiger partial charge in [-0.25, -0.2) is 4.99 Å². The molecule has 1 N–H and O–H groups in total. The van der Waals surface area contributed by atoms with Gasteiger partial charge in [0, 0.05) is 26.7 Å². The molecule has 152 valence electrons. The van der Waals surface area contributed by atoms with Gasteiger partial charge in [0.2, 0.25) is 5.91 Å². The molecular formula is C20H34N4O3. The summed E-state index contributed by atoms with van der Waals surface area (Å²) in [5.41, 5.74) is 0. The summed E-state index contributed by atoms with van der Waals surface area (Å²) in [4.78, 5) is 20.6. The zero-order valence-corrected chi connectivity index (χ0v) is 17.5. The van der Waals surface area contributed by atoms with E-state index in [0.717, 1.165) is 18.0 Å². The molecule has 0 bridgehead atoms. The van der Waals surface area contributed by atoms with Crippen molar-refractivity contribution in [2.75, 3.05) is 46.9 Å². The van der Waals surface area contributed by atoms with Crippen LogP contribution in [-0.4, -0.2) is 74.7 Å². The number of rotatable bonds is 10. The van der Waals surface area contributed by atoms with Crippen LogP contribution in [0.15, 0.2) is 29.3 Å². The lowest BCUT2D eigenvalue weighted by molar-refractivity contribution is -0.131. The summed E-state index contributed by atoms with van der Waals surface area (Å²) >= 11 is 0. The molecule has 0 saturated carbocycles. The van der Waals surface area contributed by atoms with Gasteiger partial charge in [-0.05, 0) is 52.0 Å². The van der Waals surface area contributed by atoms with Gasteiger partial charge >= 0.3 is 0 Å². The molecule has 0 aliphatic heterocycles. The Balaban J connectivity index is 2.66. The van der Waals surface area contributed by atoms with Crippen molar-refractivity contribution in [1.82, 2.24) is 15.1 Å². The van der Waals surface area contributed by atoms with Gasteiger partial charge in [-0.1, -0.05) is 0 Å². The summed E-state index contributed by atoms with van der Waals surface area (Å²) in [6, 6.07) is 7.47. The van der Waals surface area contributed by atoms with Gasteiger partial charge in [0.05, 0.1) is 20.2 Å². The Hall–Kier alpha value is -2.44. The zero-order valence-electron chi connectivity index (χ0n) is 17.5. The lowest BCUT2D eigenvalue weighted by Gasteiger charge is -2.26. The molecule has 0 aliphatic rings. The highest BCUT2D eigenvalue weighted by Crippen LogP contribution is 2.18. The van der Waals surface area contributed by atoms with Crippen LogP contribution in [0, 0.1) is 0 Å². The largest absolute Gasteiger partial charge is 0.497 e. The van der Waals surface area contributed by atoms with Crippen molar-refractivity contribution in [3.8, 4) is 11.5 Å². The first-order chi connectivity index (χ1) is 12.9. The molecule has 0 spiro atoms. The molecule has 1 aromatic rings. The van der Waals surface area contributed by atoms with Gasteiger partial charge in [0.15, 0.2) is 5.96 Å². The Bertz CT molecular complexity index is 585. The van der Waals surface area contributed by atoms with Crippen LogP contribution in [0.5, 0.6) is 11.5 Å². The minimum atomic E-state index is -0.0982. The number of guanidine groups is 1. The van der Waals surface area contributed by atoms with Crippen molar-refractivity contribution in [1.29, 1.82) is 0 Å². The van der Waals surface area contributed by atoms with E-state index in [9.17, 15) is 4.79 Å². The molecule has 0 radical (unpaired) electrons. The number of nitrogens with zero attached hydrogens (tertiary/aromatic N) is 3. The summed E-state index contributed by atoms with van der Waals surface area (Å²) in [7, 11) is 3.51. The standard InChI is InChI=1S/C20H34N4O3/c1-7-21-20(23(5)15-19(25)24(8-2)9-3)22-14-16(4)27-18-12-10-17(26-6)11-13-18/h10-13,16H,7-9,14-15H2,1-6H3,(H,21,22). The Morgan fingerprint density at radius 3 is 2.26 bits per heavy atom. The van der Waals surface area contributed by atoms with Gasteiger partial charge in [-0.2, -0.15) is 0 Å². The van der Waals surface area contributed by atoms with E-state index in [1.807, 2.05) is 68.8 Å². The highest BCUT2D eigenvalue weighted by molar-refractivity contribution is 5.86. The highest BCUT2D eigenvalue weighted by Gasteiger charge is 2.15. The highest BCUT2D eigenvalue weighted by atomic mass is 16.5. The fourth-order valence-corrected chi connectivity index (χ4v) is 2.56. The summed E-state index contributed by atoms with van der Waals surface area (Å²) in [5.74, 6) is 2.36. The Morgan fingerprint density at radius 2 is 1.74 bits per heavy atom.